The predicted molar refractivity (Wildman–Crippen MR) is 198 cm³/mol. The van der Waals surface area contributed by atoms with Crippen LogP contribution < -0.4 is 9.47 Å². The first-order valence-corrected chi connectivity index (χ1v) is 18.2. The van der Waals surface area contributed by atoms with Crippen molar-refractivity contribution >= 4 is 12.6 Å². The Hall–Kier alpha value is -4.28. The van der Waals surface area contributed by atoms with Gasteiger partial charge in [-0.25, -0.2) is 0 Å². The van der Waals surface area contributed by atoms with E-state index in [1.807, 2.05) is 36.4 Å². The van der Waals surface area contributed by atoms with Crippen molar-refractivity contribution < 1.29 is 19.1 Å². The van der Waals surface area contributed by atoms with Gasteiger partial charge in [-0.15, -0.1) is 0 Å². The van der Waals surface area contributed by atoms with E-state index >= 15 is 0 Å². The first-order chi connectivity index (χ1) is 23.7. The van der Waals surface area contributed by atoms with Crippen LogP contribution in [0.3, 0.4) is 0 Å². The van der Waals surface area contributed by atoms with Crippen LogP contribution in [0.15, 0.2) is 60.7 Å². The van der Waals surface area contributed by atoms with Crippen molar-refractivity contribution in [1.82, 2.24) is 0 Å². The molecule has 4 nitrogen and oxygen atoms in total. The van der Waals surface area contributed by atoms with Crippen LogP contribution in [0.5, 0.6) is 11.5 Å². The SMILES string of the molecule is CCCCCCCCCCOc1cc(C#Cc2ccc(C=O)cc2)c(OCCCCCCCCCC)cc1C#Cc1ccc(C=O)cc1. The van der Waals surface area contributed by atoms with E-state index in [4.69, 9.17) is 9.47 Å². The fourth-order valence-corrected chi connectivity index (χ4v) is 5.40. The summed E-state index contributed by atoms with van der Waals surface area (Å²) < 4.78 is 12.7. The summed E-state index contributed by atoms with van der Waals surface area (Å²) in [6.07, 6.45) is 21.4. The Morgan fingerprint density at radius 3 is 1.12 bits per heavy atom. The first kappa shape index (κ1) is 38.2. The first-order valence-electron chi connectivity index (χ1n) is 18.2. The average Bonchev–Trinajstić information content (AvgIpc) is 3.12. The monoisotopic (exact) mass is 646 g/mol. The highest BCUT2D eigenvalue weighted by Crippen LogP contribution is 2.29. The highest BCUT2D eigenvalue weighted by Gasteiger charge is 2.11. The van der Waals surface area contributed by atoms with Crippen molar-refractivity contribution in [2.45, 2.75) is 117 Å². The maximum atomic E-state index is 11.1. The second kappa shape index (κ2) is 23.9. The fourth-order valence-electron chi connectivity index (χ4n) is 5.40. The highest BCUT2D eigenvalue weighted by molar-refractivity contribution is 5.75. The lowest BCUT2D eigenvalue weighted by atomic mass is 10.1. The summed E-state index contributed by atoms with van der Waals surface area (Å²) in [5, 5.41) is 0. The van der Waals surface area contributed by atoms with Gasteiger partial charge in [0.25, 0.3) is 0 Å². The molecule has 0 aliphatic carbocycles. The molecule has 0 saturated heterocycles. The molecule has 0 unspecified atom stereocenters. The molecule has 0 spiro atoms. The van der Waals surface area contributed by atoms with Gasteiger partial charge in [0.05, 0.1) is 24.3 Å². The summed E-state index contributed by atoms with van der Waals surface area (Å²) in [5.74, 6) is 14.5. The zero-order chi connectivity index (χ0) is 34.1. The Morgan fingerprint density at radius 1 is 0.458 bits per heavy atom. The van der Waals surface area contributed by atoms with Crippen LogP contribution in [0.2, 0.25) is 0 Å². The van der Waals surface area contributed by atoms with E-state index in [0.29, 0.717) is 35.8 Å². The van der Waals surface area contributed by atoms with Gasteiger partial charge in [-0.1, -0.05) is 152 Å². The zero-order valence-electron chi connectivity index (χ0n) is 29.3. The molecule has 48 heavy (non-hydrogen) atoms. The van der Waals surface area contributed by atoms with Crippen molar-refractivity contribution in [1.29, 1.82) is 0 Å². The predicted octanol–water partition coefficient (Wildman–Crippen LogP) is 11.2. The molecule has 0 aliphatic rings. The second-order valence-electron chi connectivity index (χ2n) is 12.5. The largest absolute Gasteiger partial charge is 0.492 e. The smallest absolute Gasteiger partial charge is 0.150 e. The Labute approximate surface area is 290 Å². The maximum Gasteiger partial charge on any atom is 0.150 e. The summed E-state index contributed by atoms with van der Waals surface area (Å²) in [4.78, 5) is 22.2. The molecule has 4 heteroatoms. The lowest BCUT2D eigenvalue weighted by Crippen LogP contribution is -2.03. The van der Waals surface area contributed by atoms with Crippen LogP contribution in [0.1, 0.15) is 160 Å². The minimum absolute atomic E-state index is 0.607. The number of hydrogen-bond donors (Lipinski definition) is 0. The number of carbonyl (C=O) groups excluding carboxylic acids is 2. The molecular weight excluding hydrogens is 592 g/mol. The van der Waals surface area contributed by atoms with Gasteiger partial charge in [-0.3, -0.25) is 9.59 Å². The van der Waals surface area contributed by atoms with Gasteiger partial charge in [0.2, 0.25) is 0 Å². The number of unbranched alkanes of at least 4 members (excludes halogenated alkanes) is 14. The zero-order valence-corrected chi connectivity index (χ0v) is 29.3. The third-order valence-electron chi connectivity index (χ3n) is 8.37. The summed E-state index contributed by atoms with van der Waals surface area (Å²) >= 11 is 0. The number of rotatable bonds is 22. The fraction of sp³-hybridized carbons (Fsp3) is 0.455. The molecule has 0 saturated carbocycles. The number of hydrogen-bond acceptors (Lipinski definition) is 4. The van der Waals surface area contributed by atoms with Gasteiger partial charge in [-0.2, -0.15) is 0 Å². The Balaban J connectivity index is 1.81. The molecular formula is C44H54O4. The molecule has 0 fully saturated rings. The van der Waals surface area contributed by atoms with E-state index in [1.165, 1.54) is 77.0 Å². The molecule has 0 N–H and O–H groups in total. The highest BCUT2D eigenvalue weighted by atomic mass is 16.5. The number of benzene rings is 3. The molecule has 3 rings (SSSR count). The van der Waals surface area contributed by atoms with Gasteiger partial charge >= 0.3 is 0 Å². The Morgan fingerprint density at radius 2 is 0.792 bits per heavy atom. The van der Waals surface area contributed by atoms with Gasteiger partial charge in [0, 0.05) is 34.4 Å². The third-order valence-corrected chi connectivity index (χ3v) is 8.37. The molecule has 0 heterocycles. The van der Waals surface area contributed by atoms with Crippen LogP contribution in [-0.4, -0.2) is 25.8 Å². The van der Waals surface area contributed by atoms with E-state index in [1.54, 1.807) is 24.3 Å². The van der Waals surface area contributed by atoms with Crippen LogP contribution in [0.4, 0.5) is 0 Å². The summed E-state index contributed by atoms with van der Waals surface area (Å²) in [7, 11) is 0. The van der Waals surface area contributed by atoms with Crippen LogP contribution in [0, 0.1) is 23.7 Å². The van der Waals surface area contributed by atoms with Gasteiger partial charge in [0.15, 0.2) is 0 Å². The van der Waals surface area contributed by atoms with Crippen LogP contribution in [0.25, 0.3) is 0 Å². The third kappa shape index (κ3) is 15.1. The lowest BCUT2D eigenvalue weighted by Gasteiger charge is -2.14. The van der Waals surface area contributed by atoms with Crippen LogP contribution in [-0.2, 0) is 0 Å². The Bertz CT molecular complexity index is 1360. The quantitative estimate of drug-likeness (QED) is 0.0619. The van der Waals surface area contributed by atoms with E-state index in [-0.39, 0.29) is 0 Å². The summed E-state index contributed by atoms with van der Waals surface area (Å²) in [6.45, 7) is 5.71. The minimum atomic E-state index is 0.607. The standard InChI is InChI=1S/C44H54O4/c1-3-5-7-9-11-13-15-17-31-47-43-33-42(30-28-38-21-25-40(36-46)26-22-38)44(48-32-18-16-14-12-10-8-6-4-2)34-41(43)29-27-37-19-23-39(35-45)24-20-37/h19-26,33-36H,3-18,31-32H2,1-2H3. The number of carbonyl (C=O) groups is 2. The van der Waals surface area contributed by atoms with Crippen molar-refractivity contribution in [2.24, 2.45) is 0 Å². The molecule has 0 aliphatic heterocycles. The molecule has 0 aromatic heterocycles. The van der Waals surface area contributed by atoms with E-state index in [2.05, 4.69) is 37.5 Å². The van der Waals surface area contributed by atoms with Crippen molar-refractivity contribution in [3.05, 3.63) is 94.0 Å². The van der Waals surface area contributed by atoms with Crippen molar-refractivity contribution in [3.8, 4) is 35.2 Å². The van der Waals surface area contributed by atoms with Gasteiger partial charge in [0.1, 0.15) is 24.1 Å². The van der Waals surface area contributed by atoms with Crippen molar-refractivity contribution in [3.63, 3.8) is 0 Å². The maximum absolute atomic E-state index is 11.1. The normalized spacial score (nSPS) is 10.4. The lowest BCUT2D eigenvalue weighted by molar-refractivity contribution is 0.111. The Kier molecular flexibility index (Phi) is 19.0. The number of ether oxygens (including phenoxy) is 2. The molecule has 0 amide bonds. The van der Waals surface area contributed by atoms with E-state index in [0.717, 1.165) is 60.5 Å². The minimum Gasteiger partial charge on any atom is -0.492 e. The van der Waals surface area contributed by atoms with E-state index in [9.17, 15) is 9.59 Å². The molecule has 0 atom stereocenters. The second-order valence-corrected chi connectivity index (χ2v) is 12.5. The topological polar surface area (TPSA) is 52.6 Å². The molecule has 254 valence electrons. The number of aldehydes is 2. The van der Waals surface area contributed by atoms with E-state index < -0.39 is 0 Å². The summed E-state index contributed by atoms with van der Waals surface area (Å²) in [5.41, 5.74) is 4.38. The van der Waals surface area contributed by atoms with Crippen molar-refractivity contribution in [2.75, 3.05) is 13.2 Å². The van der Waals surface area contributed by atoms with Crippen LogP contribution >= 0.6 is 0 Å². The van der Waals surface area contributed by atoms with Gasteiger partial charge < -0.3 is 9.47 Å². The average molecular weight is 647 g/mol. The summed E-state index contributed by atoms with van der Waals surface area (Å²) in [6, 6.07) is 18.4. The molecule has 3 aromatic rings. The molecule has 0 radical (unpaired) electrons. The van der Waals surface area contributed by atoms with Gasteiger partial charge in [-0.05, 0) is 37.1 Å². The molecule has 3 aromatic carbocycles. The molecule has 0 bridgehead atoms.